The summed E-state index contributed by atoms with van der Waals surface area (Å²) in [4.78, 5) is 11.0. The highest BCUT2D eigenvalue weighted by Gasteiger charge is 2.13. The molecule has 0 radical (unpaired) electrons. The van der Waals surface area contributed by atoms with Gasteiger partial charge in [-0.25, -0.2) is 0 Å². The van der Waals surface area contributed by atoms with Gasteiger partial charge in [0.2, 0.25) is 0 Å². The van der Waals surface area contributed by atoms with Gasteiger partial charge in [0, 0.05) is 5.92 Å². The first-order valence-electron chi connectivity index (χ1n) is 3.67. The average Bonchev–Trinajstić information content (AvgIpc) is 2.05. The lowest BCUT2D eigenvalue weighted by atomic mass is 9.92. The molecule has 1 nitrogen and oxygen atoms in total. The first kappa shape index (κ1) is 7.26. The molecule has 1 heteroatoms. The van der Waals surface area contributed by atoms with Crippen LogP contribution in [-0.4, -0.2) is 5.78 Å². The zero-order chi connectivity index (χ0) is 7.40. The van der Waals surface area contributed by atoms with Gasteiger partial charge in [0.1, 0.15) is 0 Å². The highest BCUT2D eigenvalue weighted by Crippen LogP contribution is 2.17. The monoisotopic (exact) mass is 136 g/mol. The standard InChI is InChI=1S/C9H12O/c1-2-9(10)8-6-4-3-5-7-8/h2,4,6,8H,1,3,5,7H2. The largest absolute Gasteiger partial charge is 0.294 e. The van der Waals surface area contributed by atoms with Gasteiger partial charge < -0.3 is 0 Å². The van der Waals surface area contributed by atoms with Gasteiger partial charge in [-0.3, -0.25) is 4.79 Å². The molecule has 0 bridgehead atoms. The molecule has 0 aromatic carbocycles. The van der Waals surface area contributed by atoms with E-state index in [2.05, 4.69) is 12.7 Å². The molecule has 1 aliphatic rings. The number of carbonyl (C=O) groups excluding carboxylic acids is 1. The quantitative estimate of drug-likeness (QED) is 0.419. The summed E-state index contributed by atoms with van der Waals surface area (Å²) in [5.41, 5.74) is 0. The Morgan fingerprint density at radius 1 is 1.70 bits per heavy atom. The second-order valence-corrected chi connectivity index (χ2v) is 2.57. The third-order valence-corrected chi connectivity index (χ3v) is 1.82. The lowest BCUT2D eigenvalue weighted by molar-refractivity contribution is -0.117. The Morgan fingerprint density at radius 2 is 2.50 bits per heavy atom. The van der Waals surface area contributed by atoms with Gasteiger partial charge in [-0.05, 0) is 25.3 Å². The molecule has 0 fully saturated rings. The van der Waals surface area contributed by atoms with Crippen molar-refractivity contribution in [3.63, 3.8) is 0 Å². The van der Waals surface area contributed by atoms with Crippen molar-refractivity contribution in [3.05, 3.63) is 24.8 Å². The van der Waals surface area contributed by atoms with E-state index in [4.69, 9.17) is 0 Å². The van der Waals surface area contributed by atoms with E-state index in [9.17, 15) is 4.79 Å². The molecule has 0 saturated carbocycles. The molecular formula is C9H12O. The molecule has 0 aromatic rings. The molecule has 54 valence electrons. The second-order valence-electron chi connectivity index (χ2n) is 2.57. The summed E-state index contributed by atoms with van der Waals surface area (Å²) < 4.78 is 0. The number of allylic oxidation sites excluding steroid dienone is 3. The number of rotatable bonds is 2. The van der Waals surface area contributed by atoms with Crippen LogP contribution in [-0.2, 0) is 4.79 Å². The smallest absolute Gasteiger partial charge is 0.161 e. The maximum absolute atomic E-state index is 11.0. The fourth-order valence-corrected chi connectivity index (χ4v) is 1.20. The third-order valence-electron chi connectivity index (χ3n) is 1.82. The molecule has 0 amide bonds. The lowest BCUT2D eigenvalue weighted by Crippen LogP contribution is -2.10. The predicted octanol–water partition coefficient (Wildman–Crippen LogP) is 2.10. The third kappa shape index (κ3) is 1.56. The Morgan fingerprint density at radius 3 is 3.00 bits per heavy atom. The Kier molecular flexibility index (Phi) is 2.43. The van der Waals surface area contributed by atoms with Crippen LogP contribution in [0.2, 0.25) is 0 Å². The predicted molar refractivity (Wildman–Crippen MR) is 41.7 cm³/mol. The summed E-state index contributed by atoms with van der Waals surface area (Å²) in [6.45, 7) is 3.45. The van der Waals surface area contributed by atoms with Gasteiger partial charge in [-0.2, -0.15) is 0 Å². The maximum Gasteiger partial charge on any atom is 0.161 e. The van der Waals surface area contributed by atoms with Crippen molar-refractivity contribution in [1.82, 2.24) is 0 Å². The Labute approximate surface area is 61.4 Å². The van der Waals surface area contributed by atoms with E-state index in [1.54, 1.807) is 0 Å². The van der Waals surface area contributed by atoms with Crippen LogP contribution in [0.3, 0.4) is 0 Å². The maximum atomic E-state index is 11.0. The van der Waals surface area contributed by atoms with Gasteiger partial charge in [-0.1, -0.05) is 18.7 Å². The van der Waals surface area contributed by atoms with Crippen molar-refractivity contribution in [2.75, 3.05) is 0 Å². The molecule has 0 heterocycles. The van der Waals surface area contributed by atoms with Crippen molar-refractivity contribution in [3.8, 4) is 0 Å². The van der Waals surface area contributed by atoms with Crippen molar-refractivity contribution < 1.29 is 4.79 Å². The molecule has 0 N–H and O–H groups in total. The molecule has 1 aliphatic carbocycles. The molecule has 0 saturated heterocycles. The van der Waals surface area contributed by atoms with Crippen LogP contribution in [0, 0.1) is 5.92 Å². The zero-order valence-corrected chi connectivity index (χ0v) is 6.05. The van der Waals surface area contributed by atoms with Crippen molar-refractivity contribution >= 4 is 5.78 Å². The first-order valence-corrected chi connectivity index (χ1v) is 3.67. The van der Waals surface area contributed by atoms with Crippen molar-refractivity contribution in [1.29, 1.82) is 0 Å². The minimum absolute atomic E-state index is 0.131. The molecule has 1 unspecified atom stereocenters. The molecule has 1 rings (SSSR count). The summed E-state index contributed by atoms with van der Waals surface area (Å²) in [5, 5.41) is 0. The van der Waals surface area contributed by atoms with Gasteiger partial charge in [-0.15, -0.1) is 0 Å². The van der Waals surface area contributed by atoms with Crippen LogP contribution >= 0.6 is 0 Å². The van der Waals surface area contributed by atoms with Gasteiger partial charge in [0.15, 0.2) is 5.78 Å². The second kappa shape index (κ2) is 3.35. The summed E-state index contributed by atoms with van der Waals surface area (Å²) in [7, 11) is 0. The Bertz CT molecular complexity index is 168. The van der Waals surface area contributed by atoms with E-state index in [1.165, 1.54) is 6.08 Å². The van der Waals surface area contributed by atoms with Crippen LogP contribution in [0.5, 0.6) is 0 Å². The molecular weight excluding hydrogens is 124 g/mol. The first-order chi connectivity index (χ1) is 4.84. The van der Waals surface area contributed by atoms with Gasteiger partial charge >= 0.3 is 0 Å². The van der Waals surface area contributed by atoms with Crippen LogP contribution in [0.4, 0.5) is 0 Å². The fourth-order valence-electron chi connectivity index (χ4n) is 1.20. The summed E-state index contributed by atoms with van der Waals surface area (Å²) in [5.74, 6) is 0.294. The highest BCUT2D eigenvalue weighted by atomic mass is 16.1. The van der Waals surface area contributed by atoms with E-state index in [0.717, 1.165) is 19.3 Å². The topological polar surface area (TPSA) is 17.1 Å². The van der Waals surface area contributed by atoms with E-state index >= 15 is 0 Å². The normalized spacial score (nSPS) is 24.2. The van der Waals surface area contributed by atoms with Crippen molar-refractivity contribution in [2.24, 2.45) is 5.92 Å². The molecule has 0 aliphatic heterocycles. The number of hydrogen-bond donors (Lipinski definition) is 0. The van der Waals surface area contributed by atoms with Crippen molar-refractivity contribution in [2.45, 2.75) is 19.3 Å². The van der Waals surface area contributed by atoms with Gasteiger partial charge in [0.05, 0.1) is 0 Å². The van der Waals surface area contributed by atoms with Crippen LogP contribution < -0.4 is 0 Å². The lowest BCUT2D eigenvalue weighted by Gasteiger charge is -2.11. The van der Waals surface area contributed by atoms with E-state index < -0.39 is 0 Å². The summed E-state index contributed by atoms with van der Waals surface area (Å²) in [6, 6.07) is 0. The summed E-state index contributed by atoms with van der Waals surface area (Å²) in [6.07, 6.45) is 8.76. The number of carbonyl (C=O) groups is 1. The molecule has 1 atom stereocenters. The van der Waals surface area contributed by atoms with Crippen LogP contribution in [0.1, 0.15) is 19.3 Å². The SMILES string of the molecule is C=CC(=O)C1C=CCCC1. The molecule has 0 spiro atoms. The number of ketones is 1. The van der Waals surface area contributed by atoms with Gasteiger partial charge in [0.25, 0.3) is 0 Å². The zero-order valence-electron chi connectivity index (χ0n) is 6.05. The molecule has 10 heavy (non-hydrogen) atoms. The van der Waals surface area contributed by atoms with Crippen LogP contribution in [0.25, 0.3) is 0 Å². The van der Waals surface area contributed by atoms with E-state index in [0.29, 0.717) is 0 Å². The number of hydrogen-bond acceptors (Lipinski definition) is 1. The minimum Gasteiger partial charge on any atom is -0.294 e. The highest BCUT2D eigenvalue weighted by molar-refractivity contribution is 5.92. The molecule has 0 aromatic heterocycles. The van der Waals surface area contributed by atoms with E-state index in [-0.39, 0.29) is 11.7 Å². The van der Waals surface area contributed by atoms with E-state index in [1.807, 2.05) is 6.08 Å². The summed E-state index contributed by atoms with van der Waals surface area (Å²) >= 11 is 0. The fraction of sp³-hybridized carbons (Fsp3) is 0.444. The average molecular weight is 136 g/mol. The Balaban J connectivity index is 2.54. The minimum atomic E-state index is 0.131. The Hall–Kier alpha value is -0.850. The van der Waals surface area contributed by atoms with Crippen LogP contribution in [0.15, 0.2) is 24.8 Å².